The lowest BCUT2D eigenvalue weighted by atomic mass is 9.99. The lowest BCUT2D eigenvalue weighted by molar-refractivity contribution is -0.129. The number of ether oxygens (including phenoxy) is 1. The molecule has 0 saturated carbocycles. The lowest BCUT2D eigenvalue weighted by Gasteiger charge is -2.14. The zero-order chi connectivity index (χ0) is 13.0. The van der Waals surface area contributed by atoms with Gasteiger partial charge in [0.1, 0.15) is 5.75 Å². The van der Waals surface area contributed by atoms with Gasteiger partial charge in [-0.3, -0.25) is 0 Å². The molecule has 0 radical (unpaired) electrons. The molecule has 0 aromatic heterocycles. The van der Waals surface area contributed by atoms with Crippen LogP contribution in [0.4, 0.5) is 0 Å². The highest BCUT2D eigenvalue weighted by atomic mass is 79.9. The van der Waals surface area contributed by atoms with Crippen molar-refractivity contribution in [2.24, 2.45) is 0 Å². The largest absolute Gasteiger partial charge is 0.422 e. The van der Waals surface area contributed by atoms with E-state index < -0.39 is 5.97 Å². The van der Waals surface area contributed by atoms with Crippen LogP contribution in [-0.4, -0.2) is 5.97 Å². The molecule has 92 valence electrons. The van der Waals surface area contributed by atoms with Crippen molar-refractivity contribution in [1.82, 2.24) is 0 Å². The van der Waals surface area contributed by atoms with Crippen molar-refractivity contribution in [3.8, 4) is 5.75 Å². The van der Waals surface area contributed by atoms with Crippen molar-refractivity contribution in [3.63, 3.8) is 0 Å². The quantitative estimate of drug-likeness (QED) is 0.436. The smallest absolute Gasteiger partial charge is 0.335 e. The standard InChI is InChI=1S/C13H14Br2O2/c1-4-8(3)9-6-12(17-13(16)5-2)11(15)7-10(9)14/h5-8H,2,4H2,1,3H3. The normalized spacial score (nSPS) is 12.0. The number of halogens is 2. The molecule has 0 saturated heterocycles. The van der Waals surface area contributed by atoms with E-state index in [1.54, 1.807) is 0 Å². The van der Waals surface area contributed by atoms with Crippen molar-refractivity contribution in [2.75, 3.05) is 0 Å². The second-order valence-corrected chi connectivity index (χ2v) is 5.45. The van der Waals surface area contributed by atoms with Crippen molar-refractivity contribution in [3.05, 3.63) is 39.3 Å². The Hall–Kier alpha value is -0.610. The number of esters is 1. The summed E-state index contributed by atoms with van der Waals surface area (Å²) in [6.07, 6.45) is 2.17. The number of hydrogen-bond donors (Lipinski definition) is 0. The second kappa shape index (κ2) is 6.36. The zero-order valence-corrected chi connectivity index (χ0v) is 13.0. The Balaban J connectivity index is 3.14. The third-order valence-electron chi connectivity index (χ3n) is 2.57. The first kappa shape index (κ1) is 14.5. The van der Waals surface area contributed by atoms with Crippen LogP contribution in [0.15, 0.2) is 33.7 Å². The number of hydrogen-bond acceptors (Lipinski definition) is 2. The van der Waals surface area contributed by atoms with E-state index in [-0.39, 0.29) is 0 Å². The molecule has 0 amide bonds. The highest BCUT2D eigenvalue weighted by molar-refractivity contribution is 9.11. The molecular weight excluding hydrogens is 348 g/mol. The molecule has 0 aliphatic heterocycles. The number of carbonyl (C=O) groups is 1. The van der Waals surface area contributed by atoms with Crippen LogP contribution in [0.1, 0.15) is 31.7 Å². The lowest BCUT2D eigenvalue weighted by Crippen LogP contribution is -2.05. The van der Waals surface area contributed by atoms with Crippen LogP contribution >= 0.6 is 31.9 Å². The molecule has 2 nitrogen and oxygen atoms in total. The van der Waals surface area contributed by atoms with Gasteiger partial charge in [0.05, 0.1) is 4.47 Å². The molecule has 0 aliphatic rings. The molecule has 0 N–H and O–H groups in total. The zero-order valence-electron chi connectivity index (χ0n) is 9.80. The van der Waals surface area contributed by atoms with Crippen LogP contribution in [0.3, 0.4) is 0 Å². The maximum atomic E-state index is 11.2. The summed E-state index contributed by atoms with van der Waals surface area (Å²) in [5, 5.41) is 0. The molecule has 0 fully saturated rings. The van der Waals surface area contributed by atoms with Gasteiger partial charge in [-0.05, 0) is 46.0 Å². The van der Waals surface area contributed by atoms with Gasteiger partial charge in [-0.25, -0.2) is 4.79 Å². The van der Waals surface area contributed by atoms with Crippen molar-refractivity contribution in [1.29, 1.82) is 0 Å². The molecule has 1 unspecified atom stereocenters. The molecule has 1 aromatic carbocycles. The first-order valence-electron chi connectivity index (χ1n) is 5.32. The topological polar surface area (TPSA) is 26.3 Å². The second-order valence-electron chi connectivity index (χ2n) is 3.74. The first-order valence-corrected chi connectivity index (χ1v) is 6.91. The Morgan fingerprint density at radius 1 is 1.47 bits per heavy atom. The summed E-state index contributed by atoms with van der Waals surface area (Å²) < 4.78 is 6.91. The molecule has 17 heavy (non-hydrogen) atoms. The summed E-state index contributed by atoms with van der Waals surface area (Å²) in [5.41, 5.74) is 1.13. The molecule has 1 aromatic rings. The molecule has 1 rings (SSSR count). The van der Waals surface area contributed by atoms with Crippen LogP contribution in [0.5, 0.6) is 5.75 Å². The first-order chi connectivity index (χ1) is 7.99. The van der Waals surface area contributed by atoms with E-state index in [9.17, 15) is 4.79 Å². The average molecular weight is 362 g/mol. The highest BCUT2D eigenvalue weighted by Crippen LogP contribution is 2.36. The van der Waals surface area contributed by atoms with Crippen LogP contribution in [-0.2, 0) is 4.79 Å². The fraction of sp³-hybridized carbons (Fsp3) is 0.308. The fourth-order valence-electron chi connectivity index (χ4n) is 1.37. The molecular formula is C13H14Br2O2. The summed E-state index contributed by atoms with van der Waals surface area (Å²) in [4.78, 5) is 11.2. The van der Waals surface area contributed by atoms with Gasteiger partial charge < -0.3 is 4.74 Å². The fourth-order valence-corrected chi connectivity index (χ4v) is 2.84. The maximum Gasteiger partial charge on any atom is 0.335 e. The predicted molar refractivity (Wildman–Crippen MR) is 76.4 cm³/mol. The van der Waals surface area contributed by atoms with Gasteiger partial charge >= 0.3 is 5.97 Å². The Morgan fingerprint density at radius 2 is 2.12 bits per heavy atom. The van der Waals surface area contributed by atoms with Gasteiger partial charge in [0, 0.05) is 10.5 Å². The summed E-state index contributed by atoms with van der Waals surface area (Å²) >= 11 is 6.88. The highest BCUT2D eigenvalue weighted by Gasteiger charge is 2.13. The minimum Gasteiger partial charge on any atom is -0.422 e. The van der Waals surface area contributed by atoms with Crippen molar-refractivity contribution >= 4 is 37.8 Å². The van der Waals surface area contributed by atoms with Gasteiger partial charge in [-0.15, -0.1) is 0 Å². The van der Waals surface area contributed by atoms with Crippen LogP contribution in [0, 0.1) is 0 Å². The SMILES string of the molecule is C=CC(=O)Oc1cc(C(C)CC)c(Br)cc1Br. The number of carbonyl (C=O) groups excluding carboxylic acids is 1. The van der Waals surface area contributed by atoms with Gasteiger partial charge in [0.15, 0.2) is 0 Å². The summed E-state index contributed by atoms with van der Waals surface area (Å²) in [5.74, 6) is 0.468. The molecule has 0 spiro atoms. The predicted octanol–water partition coefficient (Wildman–Crippen LogP) is 4.82. The van der Waals surface area contributed by atoms with E-state index in [1.165, 1.54) is 0 Å². The third kappa shape index (κ3) is 3.68. The van der Waals surface area contributed by atoms with Crippen molar-refractivity contribution < 1.29 is 9.53 Å². The monoisotopic (exact) mass is 360 g/mol. The van der Waals surface area contributed by atoms with E-state index >= 15 is 0 Å². The van der Waals surface area contributed by atoms with Gasteiger partial charge in [0.25, 0.3) is 0 Å². The van der Waals surface area contributed by atoms with E-state index in [1.807, 2.05) is 12.1 Å². The Labute approximate surface area is 118 Å². The Morgan fingerprint density at radius 3 is 2.65 bits per heavy atom. The maximum absolute atomic E-state index is 11.2. The molecule has 1 atom stereocenters. The van der Waals surface area contributed by atoms with E-state index in [2.05, 4.69) is 52.3 Å². The van der Waals surface area contributed by atoms with E-state index in [4.69, 9.17) is 4.74 Å². The van der Waals surface area contributed by atoms with Gasteiger partial charge in [0.2, 0.25) is 0 Å². The third-order valence-corrected chi connectivity index (χ3v) is 3.88. The molecule has 0 heterocycles. The summed E-state index contributed by atoms with van der Waals surface area (Å²) in [6, 6.07) is 3.77. The van der Waals surface area contributed by atoms with Crippen LogP contribution in [0.2, 0.25) is 0 Å². The minimum atomic E-state index is -0.455. The molecule has 4 heteroatoms. The average Bonchev–Trinajstić information content (AvgIpc) is 2.31. The van der Waals surface area contributed by atoms with Crippen molar-refractivity contribution in [2.45, 2.75) is 26.2 Å². The van der Waals surface area contributed by atoms with Crippen LogP contribution in [0.25, 0.3) is 0 Å². The molecule has 0 aliphatic carbocycles. The minimum absolute atomic E-state index is 0.402. The summed E-state index contributed by atoms with van der Waals surface area (Å²) in [6.45, 7) is 7.63. The summed E-state index contributed by atoms with van der Waals surface area (Å²) in [7, 11) is 0. The Kier molecular flexibility index (Phi) is 5.40. The molecule has 0 bridgehead atoms. The van der Waals surface area contributed by atoms with E-state index in [0.29, 0.717) is 11.7 Å². The number of rotatable bonds is 4. The Bertz CT molecular complexity index is 441. The van der Waals surface area contributed by atoms with Crippen LogP contribution < -0.4 is 4.74 Å². The number of benzene rings is 1. The van der Waals surface area contributed by atoms with Gasteiger partial charge in [-0.1, -0.05) is 36.4 Å². The van der Waals surface area contributed by atoms with E-state index in [0.717, 1.165) is 27.0 Å². The van der Waals surface area contributed by atoms with Gasteiger partial charge in [-0.2, -0.15) is 0 Å².